The van der Waals surface area contributed by atoms with Crippen molar-refractivity contribution in [3.63, 3.8) is 0 Å². The quantitative estimate of drug-likeness (QED) is 0.818. The minimum Gasteiger partial charge on any atom is -0.469 e. The van der Waals surface area contributed by atoms with Gasteiger partial charge in [0.15, 0.2) is 0 Å². The van der Waals surface area contributed by atoms with Crippen molar-refractivity contribution in [2.24, 2.45) is 0 Å². The maximum absolute atomic E-state index is 13.2. The highest BCUT2D eigenvalue weighted by molar-refractivity contribution is 5.92. The predicted molar refractivity (Wildman–Crippen MR) is 61.0 cm³/mol. The Morgan fingerprint density at radius 1 is 1.35 bits per heavy atom. The van der Waals surface area contributed by atoms with Crippen molar-refractivity contribution in [1.29, 1.82) is 0 Å². The van der Waals surface area contributed by atoms with Crippen LogP contribution in [0.2, 0.25) is 0 Å². The van der Waals surface area contributed by atoms with E-state index >= 15 is 0 Å². The second kappa shape index (κ2) is 5.98. The SMILES string of the molecule is COC(=O)CCC(=O)Nc1ccc(C)c(F)c1. The first-order valence-corrected chi connectivity index (χ1v) is 5.15. The summed E-state index contributed by atoms with van der Waals surface area (Å²) in [4.78, 5) is 22.2. The van der Waals surface area contributed by atoms with Crippen LogP contribution in [0, 0.1) is 12.7 Å². The lowest BCUT2D eigenvalue weighted by Crippen LogP contribution is -2.14. The number of rotatable bonds is 4. The molecule has 0 atom stereocenters. The Morgan fingerprint density at radius 3 is 2.65 bits per heavy atom. The summed E-state index contributed by atoms with van der Waals surface area (Å²) < 4.78 is 17.6. The Kier molecular flexibility index (Phi) is 4.63. The van der Waals surface area contributed by atoms with E-state index in [9.17, 15) is 14.0 Å². The maximum Gasteiger partial charge on any atom is 0.306 e. The molecule has 0 heterocycles. The molecule has 4 nitrogen and oxygen atoms in total. The van der Waals surface area contributed by atoms with Gasteiger partial charge in [0.25, 0.3) is 0 Å². The van der Waals surface area contributed by atoms with Crippen molar-refractivity contribution < 1.29 is 18.7 Å². The number of amides is 1. The van der Waals surface area contributed by atoms with E-state index in [2.05, 4.69) is 10.1 Å². The summed E-state index contributed by atoms with van der Waals surface area (Å²) in [7, 11) is 1.26. The second-order valence-corrected chi connectivity index (χ2v) is 3.59. The third-order valence-electron chi connectivity index (χ3n) is 2.24. The van der Waals surface area contributed by atoms with Gasteiger partial charge in [-0.05, 0) is 24.6 Å². The molecule has 0 aliphatic heterocycles. The standard InChI is InChI=1S/C12H14FNO3/c1-8-3-4-9(7-10(8)13)14-11(15)5-6-12(16)17-2/h3-4,7H,5-6H2,1-2H3,(H,14,15). The molecular weight excluding hydrogens is 225 g/mol. The fourth-order valence-electron chi connectivity index (χ4n) is 1.21. The van der Waals surface area contributed by atoms with Gasteiger partial charge in [0, 0.05) is 12.1 Å². The van der Waals surface area contributed by atoms with E-state index in [4.69, 9.17) is 0 Å². The molecule has 0 saturated carbocycles. The summed E-state index contributed by atoms with van der Waals surface area (Å²) in [6.45, 7) is 1.64. The molecule has 0 aliphatic carbocycles. The number of nitrogens with one attached hydrogen (secondary N) is 1. The zero-order valence-corrected chi connectivity index (χ0v) is 9.75. The molecule has 0 radical (unpaired) electrons. The van der Waals surface area contributed by atoms with Gasteiger partial charge in [0.1, 0.15) is 5.82 Å². The Bertz CT molecular complexity index is 432. The molecule has 92 valence electrons. The topological polar surface area (TPSA) is 55.4 Å². The molecule has 0 unspecified atom stereocenters. The lowest BCUT2D eigenvalue weighted by atomic mass is 10.2. The second-order valence-electron chi connectivity index (χ2n) is 3.59. The third-order valence-corrected chi connectivity index (χ3v) is 2.24. The summed E-state index contributed by atoms with van der Waals surface area (Å²) in [5.74, 6) is -1.18. The summed E-state index contributed by atoms with van der Waals surface area (Å²) in [5.41, 5.74) is 0.889. The van der Waals surface area contributed by atoms with Gasteiger partial charge in [-0.25, -0.2) is 4.39 Å². The number of hydrogen-bond donors (Lipinski definition) is 1. The molecule has 1 aromatic rings. The summed E-state index contributed by atoms with van der Waals surface area (Å²) in [5, 5.41) is 2.50. The highest BCUT2D eigenvalue weighted by atomic mass is 19.1. The van der Waals surface area contributed by atoms with Gasteiger partial charge < -0.3 is 10.1 Å². The molecule has 17 heavy (non-hydrogen) atoms. The van der Waals surface area contributed by atoms with Crippen LogP contribution in [-0.4, -0.2) is 19.0 Å². The maximum atomic E-state index is 13.2. The Hall–Kier alpha value is -1.91. The first kappa shape index (κ1) is 13.2. The van der Waals surface area contributed by atoms with E-state index in [0.29, 0.717) is 11.3 Å². The van der Waals surface area contributed by atoms with Gasteiger partial charge in [-0.3, -0.25) is 9.59 Å². The van der Waals surface area contributed by atoms with Crippen LogP contribution < -0.4 is 5.32 Å². The lowest BCUT2D eigenvalue weighted by Gasteiger charge is -2.05. The number of halogens is 1. The van der Waals surface area contributed by atoms with Crippen molar-refractivity contribution in [2.75, 3.05) is 12.4 Å². The molecule has 0 aromatic heterocycles. The molecule has 0 aliphatic rings. The average molecular weight is 239 g/mol. The van der Waals surface area contributed by atoms with Crippen LogP contribution in [0.4, 0.5) is 10.1 Å². The van der Waals surface area contributed by atoms with Gasteiger partial charge >= 0.3 is 5.97 Å². The van der Waals surface area contributed by atoms with Crippen molar-refractivity contribution in [2.45, 2.75) is 19.8 Å². The van der Waals surface area contributed by atoms with E-state index < -0.39 is 5.97 Å². The monoisotopic (exact) mass is 239 g/mol. The predicted octanol–water partition coefficient (Wildman–Crippen LogP) is 2.03. The summed E-state index contributed by atoms with van der Waals surface area (Å²) >= 11 is 0. The van der Waals surface area contributed by atoms with Gasteiger partial charge in [0.2, 0.25) is 5.91 Å². The molecular formula is C12H14FNO3. The number of anilines is 1. The van der Waals surface area contributed by atoms with Gasteiger partial charge in [-0.2, -0.15) is 0 Å². The minimum absolute atomic E-state index is 0.0106. The third kappa shape index (κ3) is 4.22. The van der Waals surface area contributed by atoms with E-state index in [1.807, 2.05) is 0 Å². The number of aryl methyl sites for hydroxylation is 1. The largest absolute Gasteiger partial charge is 0.469 e. The zero-order valence-electron chi connectivity index (χ0n) is 9.75. The first-order valence-electron chi connectivity index (χ1n) is 5.15. The van der Waals surface area contributed by atoms with Crippen molar-refractivity contribution in [3.05, 3.63) is 29.6 Å². The highest BCUT2D eigenvalue weighted by Gasteiger charge is 2.07. The normalized spacial score (nSPS) is 9.82. The minimum atomic E-state index is -0.449. The number of methoxy groups -OCH3 is 1. The van der Waals surface area contributed by atoms with Crippen molar-refractivity contribution in [3.8, 4) is 0 Å². The first-order chi connectivity index (χ1) is 8.02. The summed E-state index contributed by atoms with van der Waals surface area (Å²) in [6.07, 6.45) is 0.0266. The van der Waals surface area contributed by atoms with Gasteiger partial charge in [-0.15, -0.1) is 0 Å². The number of carbonyl (C=O) groups excluding carboxylic acids is 2. The van der Waals surface area contributed by atoms with Crippen LogP contribution >= 0.6 is 0 Å². The molecule has 0 spiro atoms. The molecule has 1 aromatic carbocycles. The van der Waals surface area contributed by atoms with E-state index in [-0.39, 0.29) is 24.6 Å². The van der Waals surface area contributed by atoms with Crippen LogP contribution in [-0.2, 0) is 14.3 Å². The Morgan fingerprint density at radius 2 is 2.06 bits per heavy atom. The zero-order chi connectivity index (χ0) is 12.8. The lowest BCUT2D eigenvalue weighted by molar-refractivity contribution is -0.141. The number of ether oxygens (including phenoxy) is 1. The van der Waals surface area contributed by atoms with Crippen LogP contribution in [0.3, 0.4) is 0 Å². The Labute approximate surface area is 98.8 Å². The highest BCUT2D eigenvalue weighted by Crippen LogP contribution is 2.13. The van der Waals surface area contributed by atoms with Crippen molar-refractivity contribution in [1.82, 2.24) is 0 Å². The number of esters is 1. The Balaban J connectivity index is 2.50. The average Bonchev–Trinajstić information content (AvgIpc) is 2.31. The van der Waals surface area contributed by atoms with Crippen LogP contribution in [0.25, 0.3) is 0 Å². The smallest absolute Gasteiger partial charge is 0.306 e. The number of benzene rings is 1. The fraction of sp³-hybridized carbons (Fsp3) is 0.333. The summed E-state index contributed by atoms with van der Waals surface area (Å²) in [6, 6.07) is 4.42. The molecule has 0 fully saturated rings. The van der Waals surface area contributed by atoms with Crippen LogP contribution in [0.15, 0.2) is 18.2 Å². The van der Waals surface area contributed by atoms with Crippen molar-refractivity contribution >= 4 is 17.6 Å². The molecule has 1 rings (SSSR count). The van der Waals surface area contributed by atoms with E-state index in [1.165, 1.54) is 13.2 Å². The molecule has 1 N–H and O–H groups in total. The van der Waals surface area contributed by atoms with E-state index in [0.717, 1.165) is 0 Å². The number of carbonyl (C=O) groups is 2. The van der Waals surface area contributed by atoms with Crippen LogP contribution in [0.5, 0.6) is 0 Å². The van der Waals surface area contributed by atoms with E-state index in [1.54, 1.807) is 19.1 Å². The molecule has 0 saturated heterocycles. The molecule has 0 bridgehead atoms. The molecule has 5 heteroatoms. The van der Waals surface area contributed by atoms with Crippen LogP contribution in [0.1, 0.15) is 18.4 Å². The molecule has 1 amide bonds. The fourth-order valence-corrected chi connectivity index (χ4v) is 1.21. The van der Waals surface area contributed by atoms with Gasteiger partial charge in [0.05, 0.1) is 13.5 Å². The number of hydrogen-bond acceptors (Lipinski definition) is 3. The van der Waals surface area contributed by atoms with Gasteiger partial charge in [-0.1, -0.05) is 6.07 Å².